The van der Waals surface area contributed by atoms with Gasteiger partial charge in [0.15, 0.2) is 6.04 Å². The molecular weight excluding hydrogens is 815 g/mol. The number of rotatable bonds is 14. The van der Waals surface area contributed by atoms with Crippen molar-refractivity contribution in [2.45, 2.75) is 102 Å². The van der Waals surface area contributed by atoms with Gasteiger partial charge in [-0.1, -0.05) is 124 Å². The Hall–Kier alpha value is -6.83. The van der Waals surface area contributed by atoms with Crippen LogP contribution in [0.2, 0.25) is 0 Å². The molecule has 3 aliphatic rings. The average Bonchev–Trinajstić information content (AvgIpc) is 3.31. The van der Waals surface area contributed by atoms with Crippen molar-refractivity contribution < 1.29 is 43.0 Å². The van der Waals surface area contributed by atoms with Crippen LogP contribution in [0.25, 0.3) is 0 Å². The van der Waals surface area contributed by atoms with E-state index in [1.165, 1.54) is 0 Å². The summed E-state index contributed by atoms with van der Waals surface area (Å²) in [4.78, 5) is 95.7. The van der Waals surface area contributed by atoms with Crippen LogP contribution in [0.4, 0.5) is 0 Å². The van der Waals surface area contributed by atoms with Gasteiger partial charge in [-0.2, -0.15) is 0 Å². The Kier molecular flexibility index (Phi) is 16.8. The molecule has 2 aliphatic heterocycles. The van der Waals surface area contributed by atoms with Crippen molar-refractivity contribution >= 4 is 41.3 Å². The lowest BCUT2D eigenvalue weighted by atomic mass is 9.83. The van der Waals surface area contributed by atoms with Crippen molar-refractivity contribution in [3.8, 4) is 11.5 Å². The third kappa shape index (κ3) is 13.3. The molecule has 5 amide bonds. The summed E-state index contributed by atoms with van der Waals surface area (Å²) in [5.41, 5.74) is 2.79. The summed E-state index contributed by atoms with van der Waals surface area (Å²) in [7, 11) is 0. The van der Waals surface area contributed by atoms with E-state index in [9.17, 15) is 33.6 Å². The van der Waals surface area contributed by atoms with Gasteiger partial charge in [-0.15, -0.1) is 0 Å². The Morgan fingerprint density at radius 2 is 1.45 bits per heavy atom. The quantitative estimate of drug-likeness (QED) is 0.0821. The number of carbonyl (C=O) groups excluding carboxylic acids is 7. The molecule has 1 saturated carbocycles. The van der Waals surface area contributed by atoms with Crippen molar-refractivity contribution in [1.29, 1.82) is 0 Å². The van der Waals surface area contributed by atoms with E-state index in [0.717, 1.165) is 43.2 Å². The van der Waals surface area contributed by atoms with Crippen molar-refractivity contribution in [3.05, 3.63) is 131 Å². The summed E-state index contributed by atoms with van der Waals surface area (Å²) in [6, 6.07) is 27.5. The first-order chi connectivity index (χ1) is 31.0. The molecule has 4 bridgehead atoms. The highest BCUT2D eigenvalue weighted by Gasteiger charge is 2.36. The van der Waals surface area contributed by atoms with Gasteiger partial charge in [-0.3, -0.25) is 28.8 Å². The zero-order chi connectivity index (χ0) is 45.4. The average molecular weight is 872 g/mol. The zero-order valence-electron chi connectivity index (χ0n) is 36.3. The van der Waals surface area contributed by atoms with Gasteiger partial charge in [0.25, 0.3) is 5.91 Å². The number of nitrogens with one attached hydrogen (secondary N) is 5. The lowest BCUT2D eigenvalue weighted by Gasteiger charge is -2.32. The molecule has 1 aliphatic carbocycles. The van der Waals surface area contributed by atoms with Crippen LogP contribution in [-0.2, 0) is 57.7 Å². The number of ketones is 1. The topological polar surface area (TPSA) is 198 Å². The molecule has 4 aromatic rings. The highest BCUT2D eigenvalue weighted by molar-refractivity contribution is 6.38. The van der Waals surface area contributed by atoms with Gasteiger partial charge in [0.2, 0.25) is 29.4 Å². The van der Waals surface area contributed by atoms with Crippen LogP contribution in [-0.4, -0.2) is 66.0 Å². The van der Waals surface area contributed by atoms with Crippen molar-refractivity contribution in [3.63, 3.8) is 0 Å². The molecule has 7 rings (SSSR count). The Bertz CT molecular complexity index is 2250. The third-order valence-corrected chi connectivity index (χ3v) is 11.6. The number of carbonyl (C=O) groups is 7. The first-order valence-electron chi connectivity index (χ1n) is 22.1. The van der Waals surface area contributed by atoms with Gasteiger partial charge in [0.1, 0.15) is 30.2 Å². The number of amides is 5. The smallest absolute Gasteiger partial charge is 0.333 e. The maximum Gasteiger partial charge on any atom is 0.333 e. The number of Topliss-reactive ketones (excluding diaryl/α,β-unsaturated/α-hetero) is 1. The molecule has 0 radical (unpaired) electrons. The highest BCUT2D eigenvalue weighted by atomic mass is 16.5. The summed E-state index contributed by atoms with van der Waals surface area (Å²) >= 11 is 0. The molecule has 14 nitrogen and oxygen atoms in total. The molecule has 336 valence electrons. The lowest BCUT2D eigenvalue weighted by molar-refractivity contribution is -0.149. The Morgan fingerprint density at radius 3 is 2.16 bits per heavy atom. The molecule has 0 aromatic heterocycles. The molecule has 5 unspecified atom stereocenters. The standard InChI is InChI=1S/C50H57N5O9/c1-3-14-40(45(57)49(61)51-30-42(56)54-44(37-20-11-6-12-21-37)50(62)63-31-34-15-7-4-8-16-34)52-47(59)41-29-35-17-13-22-39(28-35)64-38-25-23-33(24-26-38)27-32(2)46(58)55-43(48(60)53-41)36-18-9-5-10-19-36/h4,6-8,11-13,15-17,20-26,28,32,36,40-41,43-44H,3,5,9-10,14,18-19,27,29-31H2,1-2H3,(H,51,61)(H,52,59)(H,53,60)(H,54,56)(H,55,58). The highest BCUT2D eigenvalue weighted by Crippen LogP contribution is 2.28. The number of benzene rings is 4. The van der Waals surface area contributed by atoms with Crippen LogP contribution in [0.3, 0.4) is 0 Å². The first-order valence-corrected chi connectivity index (χ1v) is 22.1. The van der Waals surface area contributed by atoms with E-state index in [2.05, 4.69) is 26.6 Å². The minimum Gasteiger partial charge on any atom is -0.459 e. The Labute approximate surface area is 373 Å². The number of fused-ring (bicyclic) bond motifs is 10. The number of ether oxygens (including phenoxy) is 2. The molecule has 1 fully saturated rings. The summed E-state index contributed by atoms with van der Waals surface area (Å²) in [6.07, 6.45) is 5.21. The molecule has 5 N–H and O–H groups in total. The fourth-order valence-electron chi connectivity index (χ4n) is 8.06. The third-order valence-electron chi connectivity index (χ3n) is 11.6. The summed E-state index contributed by atoms with van der Waals surface area (Å²) in [5, 5.41) is 13.6. The van der Waals surface area contributed by atoms with E-state index in [4.69, 9.17) is 9.47 Å². The summed E-state index contributed by atoms with van der Waals surface area (Å²) in [6.45, 7) is 2.92. The fourth-order valence-corrected chi connectivity index (χ4v) is 8.06. The van der Waals surface area contributed by atoms with E-state index in [0.29, 0.717) is 35.5 Å². The van der Waals surface area contributed by atoms with Gasteiger partial charge in [-0.25, -0.2) is 4.79 Å². The van der Waals surface area contributed by atoms with E-state index in [1.807, 2.05) is 49.4 Å². The second kappa shape index (κ2) is 23.0. The first kappa shape index (κ1) is 46.7. The van der Waals surface area contributed by atoms with Crippen LogP contribution >= 0.6 is 0 Å². The maximum absolute atomic E-state index is 14.3. The predicted molar refractivity (Wildman–Crippen MR) is 238 cm³/mol. The number of hydrogen-bond acceptors (Lipinski definition) is 9. The molecule has 2 heterocycles. The van der Waals surface area contributed by atoms with Crippen LogP contribution in [0.15, 0.2) is 109 Å². The fraction of sp³-hybridized carbons (Fsp3) is 0.380. The molecule has 0 spiro atoms. The van der Waals surface area contributed by atoms with E-state index < -0.39 is 72.0 Å². The van der Waals surface area contributed by atoms with E-state index in [1.54, 1.807) is 73.7 Å². The Morgan fingerprint density at radius 1 is 0.750 bits per heavy atom. The van der Waals surface area contributed by atoms with Crippen LogP contribution in [0.5, 0.6) is 11.5 Å². The van der Waals surface area contributed by atoms with Gasteiger partial charge < -0.3 is 36.1 Å². The molecule has 5 atom stereocenters. The zero-order valence-corrected chi connectivity index (χ0v) is 36.3. The largest absolute Gasteiger partial charge is 0.459 e. The predicted octanol–water partition coefficient (Wildman–Crippen LogP) is 5.33. The lowest BCUT2D eigenvalue weighted by Crippen LogP contribution is -2.59. The van der Waals surface area contributed by atoms with Gasteiger partial charge in [0.05, 0.1) is 12.6 Å². The van der Waals surface area contributed by atoms with Crippen LogP contribution in [0.1, 0.15) is 87.1 Å². The molecular formula is C50H57N5O9. The molecule has 0 saturated heterocycles. The van der Waals surface area contributed by atoms with Crippen molar-refractivity contribution in [2.75, 3.05) is 6.54 Å². The van der Waals surface area contributed by atoms with Crippen LogP contribution < -0.4 is 31.3 Å². The molecule has 14 heteroatoms. The number of esters is 1. The summed E-state index contributed by atoms with van der Waals surface area (Å²) < 4.78 is 11.6. The van der Waals surface area contributed by atoms with Gasteiger partial charge in [0, 0.05) is 12.3 Å². The van der Waals surface area contributed by atoms with Gasteiger partial charge >= 0.3 is 5.97 Å². The number of hydrogen-bond donors (Lipinski definition) is 5. The SMILES string of the molecule is CCCC(NC(=O)C1Cc2cccc(c2)Oc2ccc(cc2)CC(C)C(=O)NC(C2CCCCC2)C(=O)N1)C(=O)C(=O)NCC(=O)NC(C(=O)OCc1ccccc1)c1ccccc1. The monoisotopic (exact) mass is 871 g/mol. The molecule has 64 heavy (non-hydrogen) atoms. The normalized spacial score (nSPS) is 19.0. The van der Waals surface area contributed by atoms with E-state index in [-0.39, 0.29) is 31.3 Å². The van der Waals surface area contributed by atoms with Crippen molar-refractivity contribution in [1.82, 2.24) is 26.6 Å². The minimum absolute atomic E-state index is 0.00872. The minimum atomic E-state index is -1.31. The molecule has 4 aromatic carbocycles. The second-order valence-electron chi connectivity index (χ2n) is 16.5. The Balaban J connectivity index is 1.16. The maximum atomic E-state index is 14.3. The van der Waals surface area contributed by atoms with E-state index >= 15 is 0 Å². The van der Waals surface area contributed by atoms with Crippen LogP contribution in [0, 0.1) is 11.8 Å². The second-order valence-corrected chi connectivity index (χ2v) is 16.5. The summed E-state index contributed by atoms with van der Waals surface area (Å²) in [5.74, 6) is -4.64. The van der Waals surface area contributed by atoms with Crippen molar-refractivity contribution in [2.24, 2.45) is 11.8 Å². The van der Waals surface area contributed by atoms with Gasteiger partial charge in [-0.05, 0) is 78.1 Å².